The molecular weight excluding hydrogens is 130 g/mol. The summed E-state index contributed by atoms with van der Waals surface area (Å²) in [6.07, 6.45) is 0.366. The Morgan fingerprint density at radius 3 is 2.30 bits per heavy atom. The molecule has 0 aromatic rings. The van der Waals surface area contributed by atoms with Crippen molar-refractivity contribution in [2.24, 2.45) is 0 Å². The van der Waals surface area contributed by atoms with Gasteiger partial charge in [0.15, 0.2) is 0 Å². The summed E-state index contributed by atoms with van der Waals surface area (Å²) in [6, 6.07) is 0.238. The van der Waals surface area contributed by atoms with Gasteiger partial charge in [0.05, 0.1) is 0 Å². The highest BCUT2D eigenvalue weighted by Gasteiger charge is 2.18. The molecule has 1 unspecified atom stereocenters. The van der Waals surface area contributed by atoms with E-state index in [2.05, 4.69) is 5.32 Å². The molecule has 0 bridgehead atoms. The summed E-state index contributed by atoms with van der Waals surface area (Å²) < 4.78 is 0. The Morgan fingerprint density at radius 2 is 2.00 bits per heavy atom. The highest BCUT2D eigenvalue weighted by atomic mass is 16.3. The first kappa shape index (κ1) is 9.88. The van der Waals surface area contributed by atoms with Crippen LogP contribution in [-0.2, 0) is 0 Å². The number of hydrogen-bond acceptors (Lipinski definition) is 3. The lowest BCUT2D eigenvalue weighted by atomic mass is 10.1. The first-order valence-electron chi connectivity index (χ1n) is 3.59. The van der Waals surface area contributed by atoms with Crippen molar-refractivity contribution < 1.29 is 10.2 Å². The molecule has 0 radical (unpaired) electrons. The van der Waals surface area contributed by atoms with Crippen LogP contribution in [0.5, 0.6) is 0 Å². The molecule has 1 atom stereocenters. The van der Waals surface area contributed by atoms with Crippen molar-refractivity contribution in [2.75, 3.05) is 6.61 Å². The minimum absolute atomic E-state index is 0.00667. The number of aliphatic hydroxyl groups excluding tert-OH is 1. The topological polar surface area (TPSA) is 52.5 Å². The fraction of sp³-hybridized carbons (Fsp3) is 1.00. The van der Waals surface area contributed by atoms with E-state index < -0.39 is 5.72 Å². The molecule has 0 spiro atoms. The fourth-order valence-corrected chi connectivity index (χ4v) is 0.912. The van der Waals surface area contributed by atoms with Crippen LogP contribution in [0.2, 0.25) is 0 Å². The fourth-order valence-electron chi connectivity index (χ4n) is 0.912. The van der Waals surface area contributed by atoms with Gasteiger partial charge < -0.3 is 10.2 Å². The lowest BCUT2D eigenvalue weighted by Gasteiger charge is -2.26. The largest absolute Gasteiger partial charge is 0.396 e. The third-order valence-corrected chi connectivity index (χ3v) is 1.20. The van der Waals surface area contributed by atoms with E-state index in [1.165, 1.54) is 0 Å². The molecule has 0 aliphatic rings. The van der Waals surface area contributed by atoms with Crippen LogP contribution < -0.4 is 5.32 Å². The maximum absolute atomic E-state index is 9.41. The summed E-state index contributed by atoms with van der Waals surface area (Å²) in [4.78, 5) is 0. The highest BCUT2D eigenvalue weighted by Crippen LogP contribution is 2.04. The maximum atomic E-state index is 9.41. The Hall–Kier alpha value is -0.120. The Bertz CT molecular complexity index is 91.6. The quantitative estimate of drug-likeness (QED) is 0.493. The van der Waals surface area contributed by atoms with Gasteiger partial charge in [0, 0.05) is 19.1 Å². The lowest BCUT2D eigenvalue weighted by molar-refractivity contribution is -0.00542. The van der Waals surface area contributed by atoms with Gasteiger partial charge in [0.1, 0.15) is 5.72 Å². The molecule has 0 amide bonds. The third-order valence-electron chi connectivity index (χ3n) is 1.20. The molecule has 0 heterocycles. The van der Waals surface area contributed by atoms with Gasteiger partial charge in [-0.1, -0.05) is 0 Å². The van der Waals surface area contributed by atoms with Gasteiger partial charge in [0.25, 0.3) is 0 Å². The Kier molecular flexibility index (Phi) is 3.86. The van der Waals surface area contributed by atoms with Crippen LogP contribution in [-0.4, -0.2) is 28.6 Å². The zero-order valence-corrected chi connectivity index (χ0v) is 6.89. The van der Waals surface area contributed by atoms with Crippen molar-refractivity contribution in [1.29, 1.82) is 0 Å². The van der Waals surface area contributed by atoms with Crippen LogP contribution in [0.15, 0.2) is 0 Å². The van der Waals surface area contributed by atoms with Gasteiger partial charge in [-0.25, -0.2) is 0 Å². The van der Waals surface area contributed by atoms with Crippen LogP contribution in [0.25, 0.3) is 0 Å². The summed E-state index contributed by atoms with van der Waals surface area (Å²) in [5.74, 6) is 0. The number of rotatable bonds is 4. The smallest absolute Gasteiger partial charge is 0.115 e. The third kappa shape index (κ3) is 4.73. The van der Waals surface area contributed by atoms with E-state index in [1.54, 1.807) is 6.92 Å². The number of nitrogens with one attached hydrogen (secondary N) is 1. The predicted octanol–water partition coefficient (Wildman–Crippen LogP) is 0.0753. The normalized spacial score (nSPS) is 17.4. The molecule has 0 aromatic heterocycles. The van der Waals surface area contributed by atoms with Gasteiger partial charge in [-0.3, -0.25) is 5.32 Å². The van der Waals surface area contributed by atoms with E-state index >= 15 is 0 Å². The summed E-state index contributed by atoms with van der Waals surface area (Å²) in [5.41, 5.74) is -0.928. The van der Waals surface area contributed by atoms with Crippen LogP contribution in [0.1, 0.15) is 27.2 Å². The first-order valence-corrected chi connectivity index (χ1v) is 3.59. The zero-order valence-electron chi connectivity index (χ0n) is 6.89. The van der Waals surface area contributed by atoms with Crippen molar-refractivity contribution in [3.8, 4) is 0 Å². The van der Waals surface area contributed by atoms with E-state index in [-0.39, 0.29) is 12.6 Å². The molecular formula is C7H17NO2. The zero-order chi connectivity index (χ0) is 8.20. The van der Waals surface area contributed by atoms with Crippen molar-refractivity contribution in [2.45, 2.75) is 39.0 Å². The average molecular weight is 147 g/mol. The SMILES string of the molecule is CC(C)NC(C)(O)CCO. The van der Waals surface area contributed by atoms with Gasteiger partial charge in [0.2, 0.25) is 0 Å². The molecule has 0 aliphatic carbocycles. The van der Waals surface area contributed by atoms with Crippen molar-refractivity contribution in [1.82, 2.24) is 5.32 Å². The van der Waals surface area contributed by atoms with Gasteiger partial charge in [-0.2, -0.15) is 0 Å². The van der Waals surface area contributed by atoms with Gasteiger partial charge >= 0.3 is 0 Å². The second-order valence-electron chi connectivity index (χ2n) is 3.05. The molecule has 3 heteroatoms. The second kappa shape index (κ2) is 3.91. The van der Waals surface area contributed by atoms with Crippen LogP contribution in [0.4, 0.5) is 0 Å². The van der Waals surface area contributed by atoms with Gasteiger partial charge in [-0.05, 0) is 20.8 Å². The predicted molar refractivity (Wildman–Crippen MR) is 40.6 cm³/mol. The summed E-state index contributed by atoms with van der Waals surface area (Å²) in [7, 11) is 0. The summed E-state index contributed by atoms with van der Waals surface area (Å²) in [6.45, 7) is 5.56. The van der Waals surface area contributed by atoms with Gasteiger partial charge in [-0.15, -0.1) is 0 Å². The Morgan fingerprint density at radius 1 is 1.50 bits per heavy atom. The standard InChI is InChI=1S/C7H17NO2/c1-6(2)8-7(3,10)4-5-9/h6,8-10H,4-5H2,1-3H3. The average Bonchev–Trinajstić information content (AvgIpc) is 1.59. The molecule has 0 saturated heterocycles. The lowest BCUT2D eigenvalue weighted by Crippen LogP contribution is -2.46. The molecule has 3 nitrogen and oxygen atoms in total. The van der Waals surface area contributed by atoms with Crippen molar-refractivity contribution in [3.63, 3.8) is 0 Å². The highest BCUT2D eigenvalue weighted by molar-refractivity contribution is 4.70. The summed E-state index contributed by atoms with van der Waals surface area (Å²) in [5, 5.41) is 20.8. The van der Waals surface area contributed by atoms with Crippen LogP contribution in [0.3, 0.4) is 0 Å². The molecule has 0 rings (SSSR count). The molecule has 62 valence electrons. The monoisotopic (exact) mass is 147 g/mol. The second-order valence-corrected chi connectivity index (χ2v) is 3.05. The van der Waals surface area contributed by atoms with E-state index in [9.17, 15) is 5.11 Å². The molecule has 3 N–H and O–H groups in total. The van der Waals surface area contributed by atoms with Crippen molar-refractivity contribution in [3.05, 3.63) is 0 Å². The van der Waals surface area contributed by atoms with Crippen molar-refractivity contribution >= 4 is 0 Å². The molecule has 0 fully saturated rings. The number of hydrogen-bond donors (Lipinski definition) is 3. The first-order chi connectivity index (χ1) is 4.48. The van der Waals surface area contributed by atoms with E-state index in [4.69, 9.17) is 5.11 Å². The Labute approximate surface area is 62.1 Å². The minimum Gasteiger partial charge on any atom is -0.396 e. The molecule has 10 heavy (non-hydrogen) atoms. The van der Waals surface area contributed by atoms with Crippen LogP contribution in [0, 0.1) is 0 Å². The van der Waals surface area contributed by atoms with Crippen LogP contribution >= 0.6 is 0 Å². The van der Waals surface area contributed by atoms with E-state index in [0.29, 0.717) is 6.42 Å². The van der Waals surface area contributed by atoms with E-state index in [1.807, 2.05) is 13.8 Å². The number of aliphatic hydroxyl groups is 2. The molecule has 0 saturated carbocycles. The maximum Gasteiger partial charge on any atom is 0.115 e. The molecule has 0 aromatic carbocycles. The summed E-state index contributed by atoms with van der Waals surface area (Å²) >= 11 is 0. The minimum atomic E-state index is -0.928. The van der Waals surface area contributed by atoms with E-state index in [0.717, 1.165) is 0 Å². The Balaban J connectivity index is 3.63. The molecule has 0 aliphatic heterocycles.